The van der Waals surface area contributed by atoms with E-state index in [2.05, 4.69) is 5.32 Å². The Hall–Kier alpha value is -0.670. The molecular weight excluding hydrogens is 140 g/mol. The SMILES string of the molecule is O=C1CC2C(CN1)C2(F)F. The first-order chi connectivity index (χ1) is 4.62. The van der Waals surface area contributed by atoms with E-state index >= 15 is 0 Å². The summed E-state index contributed by atoms with van der Waals surface area (Å²) >= 11 is 0. The first-order valence-electron chi connectivity index (χ1n) is 3.27. The van der Waals surface area contributed by atoms with E-state index in [4.69, 9.17) is 0 Å². The van der Waals surface area contributed by atoms with E-state index in [1.807, 2.05) is 0 Å². The highest BCUT2D eigenvalue weighted by atomic mass is 19.3. The van der Waals surface area contributed by atoms with E-state index in [1.165, 1.54) is 0 Å². The van der Waals surface area contributed by atoms with Crippen LogP contribution in [0.2, 0.25) is 0 Å². The predicted octanol–water partition coefficient (Wildman–Crippen LogP) is 0.388. The lowest BCUT2D eigenvalue weighted by atomic mass is 10.2. The largest absolute Gasteiger partial charge is 0.356 e. The van der Waals surface area contributed by atoms with E-state index in [-0.39, 0.29) is 18.9 Å². The number of nitrogens with one attached hydrogen (secondary N) is 1. The maximum Gasteiger partial charge on any atom is 0.256 e. The second-order valence-electron chi connectivity index (χ2n) is 2.90. The molecule has 1 heterocycles. The molecule has 2 rings (SSSR count). The molecule has 2 atom stereocenters. The van der Waals surface area contributed by atoms with Gasteiger partial charge in [0.05, 0.1) is 0 Å². The molecule has 56 valence electrons. The van der Waals surface area contributed by atoms with E-state index in [0.29, 0.717) is 0 Å². The number of hydrogen-bond acceptors (Lipinski definition) is 1. The second kappa shape index (κ2) is 1.49. The molecule has 0 aromatic heterocycles. The molecule has 2 aliphatic rings. The van der Waals surface area contributed by atoms with Crippen molar-refractivity contribution in [3.63, 3.8) is 0 Å². The van der Waals surface area contributed by atoms with Gasteiger partial charge in [-0.05, 0) is 0 Å². The zero-order valence-corrected chi connectivity index (χ0v) is 5.23. The number of carbonyl (C=O) groups is 1. The second-order valence-corrected chi connectivity index (χ2v) is 2.90. The Kier molecular flexibility index (Phi) is 0.904. The Bertz CT molecular complexity index is 192. The quantitative estimate of drug-likeness (QED) is 0.527. The summed E-state index contributed by atoms with van der Waals surface area (Å²) in [6.45, 7) is 0.163. The van der Waals surface area contributed by atoms with Gasteiger partial charge in [0.25, 0.3) is 5.92 Å². The van der Waals surface area contributed by atoms with Crippen LogP contribution >= 0.6 is 0 Å². The monoisotopic (exact) mass is 147 g/mol. The molecule has 1 saturated heterocycles. The van der Waals surface area contributed by atoms with Gasteiger partial charge < -0.3 is 5.32 Å². The number of rotatable bonds is 0. The van der Waals surface area contributed by atoms with E-state index in [0.717, 1.165) is 0 Å². The Labute approximate surface area is 56.6 Å². The standard InChI is InChI=1S/C6H7F2NO/c7-6(8)3-1-5(10)9-2-4(3)6/h3-4H,1-2H2,(H,9,10). The molecule has 10 heavy (non-hydrogen) atoms. The predicted molar refractivity (Wildman–Crippen MR) is 29.6 cm³/mol. The number of piperidine rings is 1. The summed E-state index contributed by atoms with van der Waals surface area (Å²) in [5.41, 5.74) is 0. The normalized spacial score (nSPS) is 42.0. The van der Waals surface area contributed by atoms with E-state index < -0.39 is 17.8 Å². The Morgan fingerprint density at radius 1 is 1.50 bits per heavy atom. The summed E-state index contributed by atoms with van der Waals surface area (Å²) < 4.78 is 25.0. The van der Waals surface area contributed by atoms with Gasteiger partial charge in [-0.2, -0.15) is 0 Å². The summed E-state index contributed by atoms with van der Waals surface area (Å²) in [5.74, 6) is -4.01. The molecule has 4 heteroatoms. The highest BCUT2D eigenvalue weighted by Gasteiger charge is 2.69. The third-order valence-corrected chi connectivity index (χ3v) is 2.29. The number of fused-ring (bicyclic) bond motifs is 1. The number of halogens is 2. The average Bonchev–Trinajstić information content (AvgIpc) is 2.36. The van der Waals surface area contributed by atoms with Gasteiger partial charge in [-0.25, -0.2) is 8.78 Å². The molecule has 2 nitrogen and oxygen atoms in total. The number of alkyl halides is 2. The van der Waals surface area contributed by atoms with Crippen LogP contribution < -0.4 is 5.32 Å². The first-order valence-corrected chi connectivity index (χ1v) is 3.27. The van der Waals surface area contributed by atoms with E-state index in [9.17, 15) is 13.6 Å². The third-order valence-electron chi connectivity index (χ3n) is 2.29. The Morgan fingerprint density at radius 2 is 2.20 bits per heavy atom. The summed E-state index contributed by atoms with van der Waals surface area (Å²) in [5, 5.41) is 2.41. The molecule has 1 aliphatic carbocycles. The van der Waals surface area contributed by atoms with Gasteiger partial charge >= 0.3 is 0 Å². The summed E-state index contributed by atoms with van der Waals surface area (Å²) in [4.78, 5) is 10.5. The van der Waals surface area contributed by atoms with Gasteiger partial charge in [0.2, 0.25) is 5.91 Å². The molecule has 0 spiro atoms. The summed E-state index contributed by atoms with van der Waals surface area (Å²) in [6.07, 6.45) is 0.0116. The zero-order valence-electron chi connectivity index (χ0n) is 5.23. The molecule has 0 bridgehead atoms. The fourth-order valence-electron chi connectivity index (χ4n) is 1.51. The molecule has 0 aromatic rings. The van der Waals surface area contributed by atoms with Gasteiger partial charge in [-0.1, -0.05) is 0 Å². The fraction of sp³-hybridized carbons (Fsp3) is 0.833. The van der Waals surface area contributed by atoms with Crippen LogP contribution in [0.1, 0.15) is 6.42 Å². The minimum atomic E-state index is -2.56. The highest BCUT2D eigenvalue weighted by Crippen LogP contribution is 2.57. The number of carbonyl (C=O) groups excluding carboxylic acids is 1. The Balaban J connectivity index is 2.10. The summed E-state index contributed by atoms with van der Waals surface area (Å²) in [7, 11) is 0. The van der Waals surface area contributed by atoms with E-state index in [1.54, 1.807) is 0 Å². The lowest BCUT2D eigenvalue weighted by molar-refractivity contribution is -0.122. The molecule has 1 aliphatic heterocycles. The van der Waals surface area contributed by atoms with Crippen molar-refractivity contribution in [3.8, 4) is 0 Å². The van der Waals surface area contributed by atoms with Crippen LogP contribution in [0, 0.1) is 11.8 Å². The van der Waals surface area contributed by atoms with Crippen LogP contribution in [0.4, 0.5) is 8.78 Å². The van der Waals surface area contributed by atoms with Gasteiger partial charge in [-0.3, -0.25) is 4.79 Å². The third kappa shape index (κ3) is 0.589. The van der Waals surface area contributed by atoms with Crippen molar-refractivity contribution in [2.75, 3.05) is 6.54 Å². The Morgan fingerprint density at radius 3 is 2.70 bits per heavy atom. The molecule has 1 amide bonds. The van der Waals surface area contributed by atoms with Crippen LogP contribution in [-0.2, 0) is 4.79 Å². The zero-order chi connectivity index (χ0) is 7.35. The number of hydrogen-bond donors (Lipinski definition) is 1. The van der Waals surface area contributed by atoms with Crippen LogP contribution in [0.3, 0.4) is 0 Å². The van der Waals surface area contributed by atoms with Crippen molar-refractivity contribution in [2.24, 2.45) is 11.8 Å². The molecule has 0 aromatic carbocycles. The van der Waals surface area contributed by atoms with Crippen LogP contribution in [0.15, 0.2) is 0 Å². The summed E-state index contributed by atoms with van der Waals surface area (Å²) in [6, 6.07) is 0. The minimum absolute atomic E-state index is 0.0116. The maximum absolute atomic E-state index is 12.5. The molecule has 2 unspecified atom stereocenters. The molecule has 2 fully saturated rings. The van der Waals surface area contributed by atoms with Crippen molar-refractivity contribution < 1.29 is 13.6 Å². The maximum atomic E-state index is 12.5. The van der Waals surface area contributed by atoms with Gasteiger partial charge in [-0.15, -0.1) is 0 Å². The van der Waals surface area contributed by atoms with Crippen LogP contribution in [0.25, 0.3) is 0 Å². The fourth-order valence-corrected chi connectivity index (χ4v) is 1.51. The van der Waals surface area contributed by atoms with Gasteiger partial charge in [0.15, 0.2) is 0 Å². The van der Waals surface area contributed by atoms with Crippen LogP contribution in [0.5, 0.6) is 0 Å². The van der Waals surface area contributed by atoms with Crippen molar-refractivity contribution in [2.45, 2.75) is 12.3 Å². The molecule has 0 radical (unpaired) electrons. The first kappa shape index (κ1) is 6.07. The minimum Gasteiger partial charge on any atom is -0.356 e. The van der Waals surface area contributed by atoms with Gasteiger partial charge in [0, 0.05) is 24.8 Å². The van der Waals surface area contributed by atoms with Crippen molar-refractivity contribution in [3.05, 3.63) is 0 Å². The molecular formula is C6H7F2NO. The lowest BCUT2D eigenvalue weighted by Crippen LogP contribution is -2.30. The van der Waals surface area contributed by atoms with Gasteiger partial charge in [0.1, 0.15) is 0 Å². The van der Waals surface area contributed by atoms with Crippen LogP contribution in [-0.4, -0.2) is 18.4 Å². The van der Waals surface area contributed by atoms with Crippen molar-refractivity contribution in [1.82, 2.24) is 5.32 Å². The smallest absolute Gasteiger partial charge is 0.256 e. The lowest BCUT2D eigenvalue weighted by Gasteiger charge is -2.06. The highest BCUT2D eigenvalue weighted by molar-refractivity contribution is 5.78. The topological polar surface area (TPSA) is 29.1 Å². The van der Waals surface area contributed by atoms with Crippen molar-refractivity contribution in [1.29, 1.82) is 0 Å². The average molecular weight is 147 g/mol. The molecule has 1 N–H and O–H groups in total. The van der Waals surface area contributed by atoms with Crippen molar-refractivity contribution >= 4 is 5.91 Å². The molecule has 1 saturated carbocycles. The number of amides is 1.